The number of hydrogen-bond acceptors (Lipinski definition) is 6. The molecule has 2 aliphatic heterocycles. The standard InChI is InChI=1S/C16H14N4O2/c1-10-2-4-11(5-3-10)12-14(8-17)13(19)20-16(15(12,14)9-18)21-6-7-22-16/h2-5,12H,6-7H2,1H3,(H2,19,20)/t12-,14+,15+/m0/s1. The van der Waals surface area contributed by atoms with Crippen LogP contribution in [0, 0.1) is 40.4 Å². The van der Waals surface area contributed by atoms with E-state index in [9.17, 15) is 10.5 Å². The van der Waals surface area contributed by atoms with Crippen LogP contribution in [0.25, 0.3) is 0 Å². The van der Waals surface area contributed by atoms with Crippen LogP contribution < -0.4 is 5.73 Å². The molecule has 2 heterocycles. The summed E-state index contributed by atoms with van der Waals surface area (Å²) in [6.07, 6.45) is 0. The molecule has 1 saturated carbocycles. The number of aryl methyl sites for hydroxylation is 1. The lowest BCUT2D eigenvalue weighted by atomic mass is 9.94. The highest BCUT2D eigenvalue weighted by Gasteiger charge is 2.94. The maximum atomic E-state index is 9.90. The van der Waals surface area contributed by atoms with Crippen LogP contribution in [0.5, 0.6) is 0 Å². The highest BCUT2D eigenvalue weighted by molar-refractivity contribution is 6.00. The molecule has 1 saturated heterocycles. The maximum absolute atomic E-state index is 9.90. The van der Waals surface area contributed by atoms with Gasteiger partial charge < -0.3 is 15.2 Å². The molecule has 4 rings (SSSR count). The van der Waals surface area contributed by atoms with Crippen molar-refractivity contribution in [3.8, 4) is 12.1 Å². The van der Waals surface area contributed by atoms with Gasteiger partial charge in [0.1, 0.15) is 11.3 Å². The molecule has 0 bridgehead atoms. The molecule has 0 amide bonds. The Kier molecular flexibility index (Phi) is 2.33. The third-order valence-corrected chi connectivity index (χ3v) is 5.02. The number of rotatable bonds is 1. The third-order valence-electron chi connectivity index (χ3n) is 5.02. The van der Waals surface area contributed by atoms with Crippen LogP contribution in [-0.4, -0.2) is 25.0 Å². The van der Waals surface area contributed by atoms with Crippen LogP contribution >= 0.6 is 0 Å². The Hall–Kier alpha value is -2.41. The zero-order valence-corrected chi connectivity index (χ0v) is 12.0. The molecule has 0 aromatic heterocycles. The first-order chi connectivity index (χ1) is 10.6. The maximum Gasteiger partial charge on any atom is 0.293 e. The van der Waals surface area contributed by atoms with Gasteiger partial charge in [0.15, 0.2) is 5.41 Å². The highest BCUT2D eigenvalue weighted by atomic mass is 16.8. The fourth-order valence-electron chi connectivity index (χ4n) is 3.98. The molecule has 1 aromatic rings. The van der Waals surface area contributed by atoms with Crippen molar-refractivity contribution in [3.05, 3.63) is 35.4 Å². The van der Waals surface area contributed by atoms with Gasteiger partial charge in [-0.15, -0.1) is 0 Å². The summed E-state index contributed by atoms with van der Waals surface area (Å²) in [6, 6.07) is 12.3. The smallest absolute Gasteiger partial charge is 0.293 e. The van der Waals surface area contributed by atoms with Gasteiger partial charge >= 0.3 is 0 Å². The van der Waals surface area contributed by atoms with Crippen LogP contribution in [0.2, 0.25) is 0 Å². The van der Waals surface area contributed by atoms with Crippen molar-refractivity contribution in [2.45, 2.75) is 18.8 Å². The molecule has 1 spiro atoms. The van der Waals surface area contributed by atoms with Gasteiger partial charge in [-0.05, 0) is 12.5 Å². The summed E-state index contributed by atoms with van der Waals surface area (Å²) < 4.78 is 11.3. The van der Waals surface area contributed by atoms with Gasteiger partial charge in [-0.3, -0.25) is 0 Å². The molecule has 110 valence electrons. The summed E-state index contributed by atoms with van der Waals surface area (Å²) in [6.45, 7) is 2.66. The predicted octanol–water partition coefficient (Wildman–Crippen LogP) is 1.18. The highest BCUT2D eigenvalue weighted by Crippen LogP contribution is 2.82. The number of amidine groups is 1. The Morgan fingerprint density at radius 3 is 2.36 bits per heavy atom. The van der Waals surface area contributed by atoms with E-state index in [1.54, 1.807) is 0 Å². The summed E-state index contributed by atoms with van der Waals surface area (Å²) in [7, 11) is 0. The number of ether oxygens (including phenoxy) is 2. The minimum absolute atomic E-state index is 0.129. The number of benzene rings is 1. The zero-order valence-electron chi connectivity index (χ0n) is 12.0. The van der Waals surface area contributed by atoms with Crippen molar-refractivity contribution in [1.29, 1.82) is 10.5 Å². The molecule has 2 N–H and O–H groups in total. The van der Waals surface area contributed by atoms with E-state index in [1.165, 1.54) is 0 Å². The van der Waals surface area contributed by atoms with Gasteiger partial charge in [0.2, 0.25) is 0 Å². The molecular weight excluding hydrogens is 280 g/mol. The van der Waals surface area contributed by atoms with E-state index < -0.39 is 22.7 Å². The fourth-order valence-corrected chi connectivity index (χ4v) is 3.98. The minimum Gasteiger partial charge on any atom is -0.386 e. The molecule has 1 aromatic carbocycles. The van der Waals surface area contributed by atoms with E-state index in [2.05, 4.69) is 17.1 Å². The molecule has 2 fully saturated rings. The van der Waals surface area contributed by atoms with Crippen molar-refractivity contribution in [2.24, 2.45) is 21.6 Å². The monoisotopic (exact) mass is 294 g/mol. The Bertz CT molecular complexity index is 767. The summed E-state index contributed by atoms with van der Waals surface area (Å²) in [5.41, 5.74) is 5.65. The lowest BCUT2D eigenvalue weighted by Gasteiger charge is -2.25. The second-order valence-electron chi connectivity index (χ2n) is 5.96. The van der Waals surface area contributed by atoms with Gasteiger partial charge in [0.25, 0.3) is 5.91 Å². The van der Waals surface area contributed by atoms with E-state index in [1.807, 2.05) is 31.2 Å². The zero-order chi connectivity index (χ0) is 15.6. The summed E-state index contributed by atoms with van der Waals surface area (Å²) in [5, 5.41) is 19.7. The van der Waals surface area contributed by atoms with Crippen molar-refractivity contribution >= 4 is 5.84 Å². The largest absolute Gasteiger partial charge is 0.386 e. The Labute approximate surface area is 127 Å². The Morgan fingerprint density at radius 1 is 1.18 bits per heavy atom. The van der Waals surface area contributed by atoms with Crippen molar-refractivity contribution < 1.29 is 9.47 Å². The molecule has 0 unspecified atom stereocenters. The van der Waals surface area contributed by atoms with Gasteiger partial charge in [0, 0.05) is 5.92 Å². The third kappa shape index (κ3) is 1.13. The first-order valence-corrected chi connectivity index (χ1v) is 7.11. The van der Waals surface area contributed by atoms with Crippen molar-refractivity contribution in [2.75, 3.05) is 13.2 Å². The van der Waals surface area contributed by atoms with Crippen LogP contribution in [0.1, 0.15) is 17.0 Å². The first kappa shape index (κ1) is 13.3. The van der Waals surface area contributed by atoms with Crippen molar-refractivity contribution in [3.63, 3.8) is 0 Å². The van der Waals surface area contributed by atoms with Crippen LogP contribution in [0.3, 0.4) is 0 Å². The SMILES string of the molecule is Cc1ccc([C@H]2[C@]3(C#N)C(N)=NC4(OCCO4)[C@]23C#N)cc1. The number of nitrogens with zero attached hydrogens (tertiary/aromatic N) is 3. The van der Waals surface area contributed by atoms with Crippen LogP contribution in [-0.2, 0) is 9.47 Å². The number of fused-ring (bicyclic) bond motifs is 2. The van der Waals surface area contributed by atoms with E-state index in [0.29, 0.717) is 13.2 Å². The fraction of sp³-hybridized carbons (Fsp3) is 0.438. The second kappa shape index (κ2) is 3.86. The van der Waals surface area contributed by atoms with E-state index in [0.717, 1.165) is 11.1 Å². The normalized spacial score (nSPS) is 37.2. The quantitative estimate of drug-likeness (QED) is 0.837. The van der Waals surface area contributed by atoms with E-state index in [-0.39, 0.29) is 5.84 Å². The van der Waals surface area contributed by atoms with Gasteiger partial charge in [-0.1, -0.05) is 29.8 Å². The Morgan fingerprint density at radius 2 is 1.82 bits per heavy atom. The number of hydrogen-bond donors (Lipinski definition) is 1. The Balaban J connectivity index is 1.92. The molecule has 1 aliphatic carbocycles. The predicted molar refractivity (Wildman–Crippen MR) is 76.3 cm³/mol. The summed E-state index contributed by atoms with van der Waals surface area (Å²) in [4.78, 5) is 4.23. The van der Waals surface area contributed by atoms with Crippen LogP contribution in [0.4, 0.5) is 0 Å². The molecule has 22 heavy (non-hydrogen) atoms. The number of nitriles is 2. The first-order valence-electron chi connectivity index (χ1n) is 7.11. The molecule has 6 heteroatoms. The lowest BCUT2D eigenvalue weighted by molar-refractivity contribution is -0.184. The van der Waals surface area contributed by atoms with Gasteiger partial charge in [0.05, 0.1) is 25.4 Å². The van der Waals surface area contributed by atoms with Crippen molar-refractivity contribution in [1.82, 2.24) is 0 Å². The second-order valence-corrected chi connectivity index (χ2v) is 5.96. The van der Waals surface area contributed by atoms with E-state index >= 15 is 0 Å². The molecule has 0 radical (unpaired) electrons. The summed E-state index contributed by atoms with van der Waals surface area (Å²) >= 11 is 0. The number of nitrogens with two attached hydrogens (primary N) is 1. The average Bonchev–Trinajstić information content (AvgIpc) is 2.77. The molecular formula is C16H14N4O2. The summed E-state index contributed by atoms with van der Waals surface area (Å²) in [5.74, 6) is -1.72. The topological polar surface area (TPSA) is 104 Å². The van der Waals surface area contributed by atoms with Gasteiger partial charge in [-0.2, -0.15) is 10.5 Å². The molecule has 6 nitrogen and oxygen atoms in total. The average molecular weight is 294 g/mol. The van der Waals surface area contributed by atoms with E-state index in [4.69, 9.17) is 15.2 Å². The van der Waals surface area contributed by atoms with Gasteiger partial charge in [-0.25, -0.2) is 4.99 Å². The molecule has 3 aliphatic rings. The van der Waals surface area contributed by atoms with Crippen LogP contribution in [0.15, 0.2) is 29.3 Å². The molecule has 3 atom stereocenters. The lowest BCUT2D eigenvalue weighted by Crippen LogP contribution is -2.38. The number of aliphatic imine (C=N–C) groups is 1. The minimum atomic E-state index is -1.45.